The van der Waals surface area contributed by atoms with Gasteiger partial charge in [-0.15, -0.1) is 0 Å². The molecule has 0 aliphatic heterocycles. The smallest absolute Gasteiger partial charge is 0.225 e. The molecule has 0 bridgehead atoms. The van der Waals surface area contributed by atoms with Crippen molar-refractivity contribution in [3.05, 3.63) is 24.3 Å². The van der Waals surface area contributed by atoms with Crippen LogP contribution in [-0.2, 0) is 4.79 Å². The van der Waals surface area contributed by atoms with Crippen molar-refractivity contribution in [2.45, 2.75) is 31.3 Å². The van der Waals surface area contributed by atoms with Gasteiger partial charge >= 0.3 is 0 Å². The lowest BCUT2D eigenvalue weighted by Crippen LogP contribution is -2.36. The number of carbonyl (C=O) groups excluding carboxylic acids is 1. The van der Waals surface area contributed by atoms with Crippen LogP contribution >= 0.6 is 12.6 Å². The molecule has 8 heteroatoms. The topological polar surface area (TPSA) is 119 Å². The number of nitrogens with one attached hydrogen (secondary N) is 1. The molecular formula is C14H21NO6S. The maximum absolute atomic E-state index is 11.4. The van der Waals surface area contributed by atoms with E-state index in [0.29, 0.717) is 23.6 Å². The molecule has 124 valence electrons. The van der Waals surface area contributed by atoms with Crippen LogP contribution in [0.5, 0.6) is 5.75 Å². The fourth-order valence-electron chi connectivity index (χ4n) is 1.69. The molecule has 2 atom stereocenters. The number of amides is 1. The maximum Gasteiger partial charge on any atom is 0.225 e. The van der Waals surface area contributed by atoms with Crippen molar-refractivity contribution in [3.8, 4) is 5.75 Å². The summed E-state index contributed by atoms with van der Waals surface area (Å²) in [6.07, 6.45) is -3.80. The molecule has 0 fully saturated rings. The average Bonchev–Trinajstić information content (AvgIpc) is 2.48. The highest BCUT2D eigenvalue weighted by molar-refractivity contribution is 7.80. The Hall–Kier alpha value is -1.32. The van der Waals surface area contributed by atoms with E-state index in [2.05, 4.69) is 17.9 Å². The Kier molecular flexibility index (Phi) is 8.21. The van der Waals surface area contributed by atoms with Crippen LogP contribution in [0.25, 0.3) is 0 Å². The van der Waals surface area contributed by atoms with Crippen LogP contribution in [0, 0.1) is 0 Å². The second kappa shape index (κ2) is 9.65. The Labute approximate surface area is 134 Å². The highest BCUT2D eigenvalue weighted by Gasteiger charge is 2.22. The van der Waals surface area contributed by atoms with Crippen molar-refractivity contribution < 1.29 is 30.0 Å². The molecule has 0 radical (unpaired) electrons. The summed E-state index contributed by atoms with van der Waals surface area (Å²) >= 11 is 3.97. The van der Waals surface area contributed by atoms with Gasteiger partial charge in [0.15, 0.2) is 12.4 Å². The van der Waals surface area contributed by atoms with Gasteiger partial charge in [0.2, 0.25) is 5.91 Å². The zero-order valence-electron chi connectivity index (χ0n) is 11.9. The number of aliphatic hydroxyl groups excluding tert-OH is 3. The third-order valence-electron chi connectivity index (χ3n) is 2.81. The first kappa shape index (κ1) is 18.7. The molecule has 0 aromatic heterocycles. The standard InChI is InChI=1S/C14H21NO6S/c16-8-10(17)7-12(14(19)20)21-11-3-1-9(2-4-11)15-13(18)5-6-22/h1-4,10,12,14,16-17,19-20,22H,5-8H2,(H,15,18). The zero-order valence-corrected chi connectivity index (χ0v) is 12.8. The number of anilines is 1. The van der Waals surface area contributed by atoms with Gasteiger partial charge in [-0.1, -0.05) is 0 Å². The van der Waals surface area contributed by atoms with Crippen LogP contribution in [0.1, 0.15) is 12.8 Å². The minimum Gasteiger partial charge on any atom is -0.485 e. The molecule has 1 aromatic carbocycles. The highest BCUT2D eigenvalue weighted by Crippen LogP contribution is 2.19. The molecular weight excluding hydrogens is 310 g/mol. The normalized spacial score (nSPS) is 13.7. The van der Waals surface area contributed by atoms with E-state index in [1.165, 1.54) is 0 Å². The van der Waals surface area contributed by atoms with E-state index in [1.54, 1.807) is 24.3 Å². The van der Waals surface area contributed by atoms with E-state index in [9.17, 15) is 20.1 Å². The number of aliphatic hydroxyl groups is 4. The monoisotopic (exact) mass is 331 g/mol. The van der Waals surface area contributed by atoms with Crippen LogP contribution in [0.2, 0.25) is 0 Å². The van der Waals surface area contributed by atoms with Crippen LogP contribution in [0.3, 0.4) is 0 Å². The van der Waals surface area contributed by atoms with Crippen LogP contribution in [0.15, 0.2) is 24.3 Å². The van der Waals surface area contributed by atoms with Crippen molar-refractivity contribution in [1.82, 2.24) is 0 Å². The molecule has 0 aliphatic carbocycles. The van der Waals surface area contributed by atoms with E-state index < -0.39 is 25.1 Å². The second-order valence-corrected chi connectivity index (χ2v) is 5.14. The number of thiol groups is 1. The second-order valence-electron chi connectivity index (χ2n) is 4.69. The fraction of sp³-hybridized carbons (Fsp3) is 0.500. The summed E-state index contributed by atoms with van der Waals surface area (Å²) in [5.41, 5.74) is 0.579. The number of carbonyl (C=O) groups is 1. The molecule has 0 aliphatic rings. The molecule has 22 heavy (non-hydrogen) atoms. The van der Waals surface area contributed by atoms with Gasteiger partial charge in [0, 0.05) is 18.5 Å². The van der Waals surface area contributed by atoms with Gasteiger partial charge in [-0.05, 0) is 30.0 Å². The summed E-state index contributed by atoms with van der Waals surface area (Å²) in [5.74, 6) is 0.643. The van der Waals surface area contributed by atoms with E-state index in [0.717, 1.165) is 0 Å². The first-order valence-corrected chi connectivity index (χ1v) is 7.42. The number of benzene rings is 1. The quantitative estimate of drug-likeness (QED) is 0.274. The third kappa shape index (κ3) is 6.63. The maximum atomic E-state index is 11.4. The number of hydrogen-bond acceptors (Lipinski definition) is 7. The van der Waals surface area contributed by atoms with Crippen molar-refractivity contribution >= 4 is 24.2 Å². The highest BCUT2D eigenvalue weighted by atomic mass is 32.1. The summed E-state index contributed by atoms with van der Waals surface area (Å²) in [6, 6.07) is 6.32. The van der Waals surface area contributed by atoms with Gasteiger partial charge in [-0.25, -0.2) is 0 Å². The minimum atomic E-state index is -1.80. The Morgan fingerprint density at radius 2 is 1.86 bits per heavy atom. The Morgan fingerprint density at radius 1 is 1.23 bits per heavy atom. The molecule has 0 heterocycles. The lowest BCUT2D eigenvalue weighted by atomic mass is 10.1. The Balaban J connectivity index is 2.62. The van der Waals surface area contributed by atoms with Gasteiger partial charge in [0.25, 0.3) is 0 Å². The van der Waals surface area contributed by atoms with Gasteiger partial charge in [0.05, 0.1) is 12.7 Å². The van der Waals surface area contributed by atoms with Gasteiger partial charge in [-0.2, -0.15) is 12.6 Å². The van der Waals surface area contributed by atoms with Gasteiger partial charge < -0.3 is 30.5 Å². The van der Waals surface area contributed by atoms with Crippen molar-refractivity contribution in [1.29, 1.82) is 0 Å². The largest absolute Gasteiger partial charge is 0.485 e. The van der Waals surface area contributed by atoms with Crippen molar-refractivity contribution in [3.63, 3.8) is 0 Å². The lowest BCUT2D eigenvalue weighted by Gasteiger charge is -2.22. The predicted molar refractivity (Wildman–Crippen MR) is 83.9 cm³/mol. The first-order valence-electron chi connectivity index (χ1n) is 6.78. The Bertz CT molecular complexity index is 453. The van der Waals surface area contributed by atoms with E-state index in [4.69, 9.17) is 9.84 Å². The fourth-order valence-corrected chi connectivity index (χ4v) is 1.89. The first-order chi connectivity index (χ1) is 10.5. The van der Waals surface area contributed by atoms with Crippen LogP contribution in [-0.4, -0.2) is 57.2 Å². The number of rotatable bonds is 9. The molecule has 0 saturated heterocycles. The summed E-state index contributed by atoms with van der Waals surface area (Å²) < 4.78 is 5.36. The van der Waals surface area contributed by atoms with E-state index in [1.807, 2.05) is 0 Å². The minimum absolute atomic E-state index is 0.130. The molecule has 1 amide bonds. The number of ether oxygens (including phenoxy) is 1. The Morgan fingerprint density at radius 3 is 2.36 bits per heavy atom. The van der Waals surface area contributed by atoms with Crippen LogP contribution < -0.4 is 10.1 Å². The van der Waals surface area contributed by atoms with E-state index >= 15 is 0 Å². The zero-order chi connectivity index (χ0) is 16.5. The summed E-state index contributed by atoms with van der Waals surface area (Å²) in [6.45, 7) is -0.497. The molecule has 0 saturated carbocycles. The molecule has 1 aromatic rings. The summed E-state index contributed by atoms with van der Waals surface area (Å²) in [5, 5.41) is 39.2. The molecule has 0 spiro atoms. The molecule has 1 rings (SSSR count). The van der Waals surface area contributed by atoms with E-state index in [-0.39, 0.29) is 12.3 Å². The number of hydrogen-bond donors (Lipinski definition) is 6. The lowest BCUT2D eigenvalue weighted by molar-refractivity contribution is -0.124. The summed E-state index contributed by atoms with van der Waals surface area (Å²) in [7, 11) is 0. The average molecular weight is 331 g/mol. The predicted octanol–water partition coefficient (Wildman–Crippen LogP) is -0.254. The van der Waals surface area contributed by atoms with Crippen molar-refractivity contribution in [2.24, 2.45) is 0 Å². The SMILES string of the molecule is O=C(CCS)Nc1ccc(OC(CC(O)CO)C(O)O)cc1. The third-order valence-corrected chi connectivity index (χ3v) is 3.04. The molecule has 7 nitrogen and oxygen atoms in total. The van der Waals surface area contributed by atoms with Gasteiger partial charge in [0.1, 0.15) is 5.75 Å². The van der Waals surface area contributed by atoms with Gasteiger partial charge in [-0.3, -0.25) is 4.79 Å². The molecule has 2 unspecified atom stereocenters. The van der Waals surface area contributed by atoms with Crippen LogP contribution in [0.4, 0.5) is 5.69 Å². The molecule has 5 N–H and O–H groups in total. The van der Waals surface area contributed by atoms with Crippen molar-refractivity contribution in [2.75, 3.05) is 17.7 Å². The summed E-state index contributed by atoms with van der Waals surface area (Å²) in [4.78, 5) is 11.4.